The van der Waals surface area contributed by atoms with E-state index in [-0.39, 0.29) is 12.5 Å². The van der Waals surface area contributed by atoms with E-state index < -0.39 is 0 Å². The summed E-state index contributed by atoms with van der Waals surface area (Å²) in [6, 6.07) is 9.33. The molecule has 102 valence electrons. The zero-order valence-corrected chi connectivity index (χ0v) is 12.2. The predicted molar refractivity (Wildman–Crippen MR) is 82.2 cm³/mol. The number of thiophene rings is 1. The Balaban J connectivity index is 2.22. The SMILES string of the molecule is Cc1ccc(C(=O)Nc2cc(C#CCO)ccc2C)s1. The summed E-state index contributed by atoms with van der Waals surface area (Å²) in [6.45, 7) is 3.72. The molecule has 0 aliphatic carbocycles. The number of aliphatic hydroxyl groups excluding tert-OH is 1. The van der Waals surface area contributed by atoms with Gasteiger partial charge in [-0.2, -0.15) is 0 Å². The van der Waals surface area contributed by atoms with Crippen molar-refractivity contribution in [2.24, 2.45) is 0 Å². The van der Waals surface area contributed by atoms with Crippen LogP contribution < -0.4 is 5.32 Å². The van der Waals surface area contributed by atoms with E-state index in [0.717, 1.165) is 21.7 Å². The number of carbonyl (C=O) groups excluding carboxylic acids is 1. The van der Waals surface area contributed by atoms with Crippen LogP contribution in [0.4, 0.5) is 5.69 Å². The third kappa shape index (κ3) is 3.47. The first-order valence-corrected chi connectivity index (χ1v) is 7.00. The molecule has 20 heavy (non-hydrogen) atoms. The lowest BCUT2D eigenvalue weighted by molar-refractivity contribution is 0.103. The molecular weight excluding hydrogens is 270 g/mol. The molecule has 2 rings (SSSR count). The van der Waals surface area contributed by atoms with Crippen molar-refractivity contribution < 1.29 is 9.90 Å². The maximum absolute atomic E-state index is 12.1. The van der Waals surface area contributed by atoms with Gasteiger partial charge in [0.2, 0.25) is 0 Å². The smallest absolute Gasteiger partial charge is 0.265 e. The van der Waals surface area contributed by atoms with Crippen LogP contribution in [0.5, 0.6) is 0 Å². The standard InChI is InChI=1S/C16H15NO2S/c1-11-5-7-13(4-3-9-18)10-14(11)17-16(19)15-8-6-12(2)20-15/h5-8,10,18H,9H2,1-2H3,(H,17,19). The molecule has 0 saturated carbocycles. The Morgan fingerprint density at radius 1 is 1.30 bits per heavy atom. The minimum absolute atomic E-state index is 0.113. The van der Waals surface area contributed by atoms with Crippen LogP contribution in [0.1, 0.15) is 25.7 Å². The number of benzene rings is 1. The largest absolute Gasteiger partial charge is 0.384 e. The molecule has 0 radical (unpaired) electrons. The summed E-state index contributed by atoms with van der Waals surface area (Å²) in [5, 5.41) is 11.6. The van der Waals surface area contributed by atoms with Gasteiger partial charge in [-0.25, -0.2) is 0 Å². The van der Waals surface area contributed by atoms with Gasteiger partial charge in [-0.05, 0) is 43.7 Å². The molecule has 1 aromatic heterocycles. The number of amides is 1. The Hall–Kier alpha value is -2.09. The Morgan fingerprint density at radius 2 is 2.10 bits per heavy atom. The summed E-state index contributed by atoms with van der Waals surface area (Å²) in [7, 11) is 0. The van der Waals surface area contributed by atoms with E-state index >= 15 is 0 Å². The average Bonchev–Trinajstić information content (AvgIpc) is 2.86. The number of nitrogens with one attached hydrogen (secondary N) is 1. The van der Waals surface area contributed by atoms with Gasteiger partial charge < -0.3 is 10.4 Å². The van der Waals surface area contributed by atoms with Crippen molar-refractivity contribution in [2.45, 2.75) is 13.8 Å². The highest BCUT2D eigenvalue weighted by molar-refractivity contribution is 7.14. The topological polar surface area (TPSA) is 49.3 Å². The molecule has 4 heteroatoms. The van der Waals surface area contributed by atoms with E-state index in [2.05, 4.69) is 17.2 Å². The quantitative estimate of drug-likeness (QED) is 0.833. The van der Waals surface area contributed by atoms with Crippen LogP contribution in [0, 0.1) is 25.7 Å². The van der Waals surface area contributed by atoms with E-state index in [1.165, 1.54) is 11.3 Å². The first-order valence-electron chi connectivity index (χ1n) is 6.18. The molecule has 0 atom stereocenters. The number of aryl methyl sites for hydroxylation is 2. The summed E-state index contributed by atoms with van der Waals surface area (Å²) < 4.78 is 0. The van der Waals surface area contributed by atoms with Crippen LogP contribution >= 0.6 is 11.3 Å². The van der Waals surface area contributed by atoms with Gasteiger partial charge >= 0.3 is 0 Å². The van der Waals surface area contributed by atoms with Gasteiger partial charge in [-0.1, -0.05) is 17.9 Å². The third-order valence-corrected chi connectivity index (χ3v) is 3.76. The van der Waals surface area contributed by atoms with Gasteiger partial charge in [-0.3, -0.25) is 4.79 Å². The minimum atomic E-state index is -0.177. The normalized spacial score (nSPS) is 9.75. The first-order chi connectivity index (χ1) is 9.60. The van der Waals surface area contributed by atoms with Crippen molar-refractivity contribution in [1.29, 1.82) is 0 Å². The molecule has 0 aliphatic heterocycles. The molecule has 1 aromatic carbocycles. The fourth-order valence-electron chi connectivity index (χ4n) is 1.72. The Morgan fingerprint density at radius 3 is 2.75 bits per heavy atom. The highest BCUT2D eigenvalue weighted by Gasteiger charge is 2.09. The van der Waals surface area contributed by atoms with Gasteiger partial charge in [0, 0.05) is 16.1 Å². The van der Waals surface area contributed by atoms with E-state index in [1.54, 1.807) is 0 Å². The van der Waals surface area contributed by atoms with E-state index in [9.17, 15) is 4.79 Å². The monoisotopic (exact) mass is 285 g/mol. The van der Waals surface area contributed by atoms with Crippen molar-refractivity contribution in [3.05, 3.63) is 51.2 Å². The lowest BCUT2D eigenvalue weighted by atomic mass is 10.1. The van der Waals surface area contributed by atoms with Crippen molar-refractivity contribution in [3.63, 3.8) is 0 Å². The summed E-state index contributed by atoms with van der Waals surface area (Å²) in [4.78, 5) is 13.9. The number of hydrogen-bond acceptors (Lipinski definition) is 3. The van der Waals surface area contributed by atoms with Crippen molar-refractivity contribution in [1.82, 2.24) is 0 Å². The van der Waals surface area contributed by atoms with Crippen molar-refractivity contribution in [3.8, 4) is 11.8 Å². The molecule has 0 spiro atoms. The number of carbonyl (C=O) groups is 1. The molecule has 0 fully saturated rings. The second kappa shape index (κ2) is 6.38. The van der Waals surface area contributed by atoms with Crippen molar-refractivity contribution >= 4 is 22.9 Å². The molecule has 1 heterocycles. The lowest BCUT2D eigenvalue weighted by Crippen LogP contribution is -2.11. The number of anilines is 1. The van der Waals surface area contributed by atoms with Crippen LogP contribution in [0.25, 0.3) is 0 Å². The fourth-order valence-corrected chi connectivity index (χ4v) is 2.48. The Bertz CT molecular complexity index is 692. The Kier molecular flexibility index (Phi) is 4.57. The van der Waals surface area contributed by atoms with Crippen LogP contribution in [0.15, 0.2) is 30.3 Å². The minimum Gasteiger partial charge on any atom is -0.384 e. The molecule has 0 aliphatic rings. The molecule has 0 saturated heterocycles. The predicted octanol–water partition coefficient (Wildman–Crippen LogP) is 2.96. The van der Waals surface area contributed by atoms with Gasteiger partial charge in [0.05, 0.1) is 4.88 Å². The van der Waals surface area contributed by atoms with Crippen LogP contribution in [0.2, 0.25) is 0 Å². The van der Waals surface area contributed by atoms with Crippen LogP contribution in [-0.4, -0.2) is 17.6 Å². The summed E-state index contributed by atoms with van der Waals surface area (Å²) in [6.07, 6.45) is 0. The molecular formula is C16H15NO2S. The molecule has 0 bridgehead atoms. The van der Waals surface area contributed by atoms with E-state index in [4.69, 9.17) is 5.11 Å². The maximum atomic E-state index is 12.1. The van der Waals surface area contributed by atoms with Crippen LogP contribution in [-0.2, 0) is 0 Å². The average molecular weight is 285 g/mol. The first kappa shape index (κ1) is 14.3. The summed E-state index contributed by atoms with van der Waals surface area (Å²) in [5.41, 5.74) is 2.48. The third-order valence-electron chi connectivity index (χ3n) is 2.76. The molecule has 1 amide bonds. The number of aliphatic hydroxyl groups is 1. The zero-order chi connectivity index (χ0) is 14.5. The van der Waals surface area contributed by atoms with Gasteiger partial charge in [-0.15, -0.1) is 11.3 Å². The zero-order valence-electron chi connectivity index (χ0n) is 11.4. The van der Waals surface area contributed by atoms with Gasteiger partial charge in [0.1, 0.15) is 6.61 Å². The summed E-state index contributed by atoms with van der Waals surface area (Å²) >= 11 is 1.47. The fraction of sp³-hybridized carbons (Fsp3) is 0.188. The highest BCUT2D eigenvalue weighted by atomic mass is 32.1. The molecule has 2 aromatic rings. The molecule has 3 nitrogen and oxygen atoms in total. The second-order valence-electron chi connectivity index (χ2n) is 4.35. The Labute approximate surface area is 122 Å². The molecule has 2 N–H and O–H groups in total. The summed E-state index contributed by atoms with van der Waals surface area (Å²) in [5.74, 6) is 5.31. The van der Waals surface area contributed by atoms with Crippen LogP contribution in [0.3, 0.4) is 0 Å². The van der Waals surface area contributed by atoms with Gasteiger partial charge in [0.15, 0.2) is 0 Å². The second-order valence-corrected chi connectivity index (χ2v) is 5.64. The number of rotatable bonds is 2. The number of hydrogen-bond donors (Lipinski definition) is 2. The lowest BCUT2D eigenvalue weighted by Gasteiger charge is -2.07. The maximum Gasteiger partial charge on any atom is 0.265 e. The van der Waals surface area contributed by atoms with Gasteiger partial charge in [0.25, 0.3) is 5.91 Å². The molecule has 0 unspecified atom stereocenters. The van der Waals surface area contributed by atoms with E-state index in [1.807, 2.05) is 44.2 Å². The van der Waals surface area contributed by atoms with Crippen molar-refractivity contribution in [2.75, 3.05) is 11.9 Å². The highest BCUT2D eigenvalue weighted by Crippen LogP contribution is 2.20. The van der Waals surface area contributed by atoms with E-state index in [0.29, 0.717) is 4.88 Å².